The Labute approximate surface area is 160 Å². The minimum atomic E-state index is -0.909. The maximum atomic E-state index is 12.4. The van der Waals surface area contributed by atoms with Crippen molar-refractivity contribution in [2.24, 2.45) is 12.8 Å². The van der Waals surface area contributed by atoms with Gasteiger partial charge in [0.25, 0.3) is 5.56 Å². The molecule has 0 amide bonds. The summed E-state index contributed by atoms with van der Waals surface area (Å²) in [4.78, 5) is 30.8. The number of hydrogen-bond donors (Lipinski definition) is 4. The Morgan fingerprint density at radius 1 is 1.32 bits per heavy atom. The van der Waals surface area contributed by atoms with Crippen LogP contribution in [0.25, 0.3) is 11.2 Å². The zero-order valence-corrected chi connectivity index (χ0v) is 15.8. The number of ether oxygens (including phenoxy) is 1. The highest BCUT2D eigenvalue weighted by Crippen LogP contribution is 2.17. The summed E-state index contributed by atoms with van der Waals surface area (Å²) >= 11 is 0. The van der Waals surface area contributed by atoms with Crippen molar-refractivity contribution >= 4 is 17.1 Å². The molecular weight excluding hydrogens is 364 g/mol. The molecule has 2 aromatic heterocycles. The van der Waals surface area contributed by atoms with Gasteiger partial charge in [0.05, 0.1) is 6.54 Å². The summed E-state index contributed by atoms with van der Waals surface area (Å²) in [7, 11) is 1.52. The lowest BCUT2D eigenvalue weighted by Crippen LogP contribution is -2.31. The van der Waals surface area contributed by atoms with Crippen LogP contribution >= 0.6 is 0 Å². The van der Waals surface area contributed by atoms with Crippen molar-refractivity contribution in [1.29, 1.82) is 0 Å². The van der Waals surface area contributed by atoms with Gasteiger partial charge < -0.3 is 25.5 Å². The topological polar surface area (TPSA) is 140 Å². The molecule has 1 atom stereocenters. The van der Waals surface area contributed by atoms with Crippen LogP contribution in [-0.2, 0) is 13.6 Å². The van der Waals surface area contributed by atoms with Crippen LogP contribution in [0.15, 0.2) is 33.9 Å². The van der Waals surface area contributed by atoms with Gasteiger partial charge in [0.1, 0.15) is 18.5 Å². The number of benzene rings is 1. The summed E-state index contributed by atoms with van der Waals surface area (Å²) < 4.78 is 8.39. The normalized spacial score (nSPS) is 12.3. The molecule has 0 spiro atoms. The third-order valence-electron chi connectivity index (χ3n) is 4.29. The molecule has 0 saturated carbocycles. The van der Waals surface area contributed by atoms with Gasteiger partial charge in [-0.15, -0.1) is 0 Å². The lowest BCUT2D eigenvalue weighted by atomic mass is 10.2. The lowest BCUT2D eigenvalue weighted by Gasteiger charge is -2.15. The van der Waals surface area contributed by atoms with Crippen molar-refractivity contribution in [3.05, 3.63) is 50.7 Å². The number of aliphatic hydroxyl groups excluding tert-OH is 1. The molecule has 5 N–H and O–H groups in total. The van der Waals surface area contributed by atoms with E-state index in [4.69, 9.17) is 10.5 Å². The molecular formula is C18H24N6O4. The highest BCUT2D eigenvalue weighted by atomic mass is 16.5. The fourth-order valence-electron chi connectivity index (χ4n) is 2.82. The Balaban J connectivity index is 1.87. The maximum absolute atomic E-state index is 12.4. The minimum Gasteiger partial charge on any atom is -0.491 e. The molecule has 3 rings (SSSR count). The lowest BCUT2D eigenvalue weighted by molar-refractivity contribution is 0.0938. The van der Waals surface area contributed by atoms with Crippen LogP contribution in [0.1, 0.15) is 5.56 Å². The van der Waals surface area contributed by atoms with Crippen LogP contribution in [0.4, 0.5) is 5.95 Å². The third-order valence-corrected chi connectivity index (χ3v) is 4.29. The van der Waals surface area contributed by atoms with Crippen molar-refractivity contribution in [3.63, 3.8) is 0 Å². The van der Waals surface area contributed by atoms with Gasteiger partial charge in [-0.05, 0) is 19.1 Å². The average Bonchev–Trinajstić information content (AvgIpc) is 3.03. The Morgan fingerprint density at radius 2 is 2.04 bits per heavy atom. The molecule has 2 heterocycles. The number of aromatic amines is 1. The van der Waals surface area contributed by atoms with E-state index in [9.17, 15) is 14.7 Å². The summed E-state index contributed by atoms with van der Waals surface area (Å²) in [5.41, 5.74) is 5.93. The molecule has 3 aromatic rings. The third kappa shape index (κ3) is 4.07. The fraction of sp³-hybridized carbons (Fsp3) is 0.389. The van der Waals surface area contributed by atoms with E-state index >= 15 is 0 Å². The summed E-state index contributed by atoms with van der Waals surface area (Å²) in [5.74, 6) is 0.989. The van der Waals surface area contributed by atoms with Crippen LogP contribution < -0.4 is 27.0 Å². The van der Waals surface area contributed by atoms with Gasteiger partial charge in [0.2, 0.25) is 5.95 Å². The first kappa shape index (κ1) is 19.6. The van der Waals surface area contributed by atoms with Crippen molar-refractivity contribution in [1.82, 2.24) is 19.1 Å². The van der Waals surface area contributed by atoms with Crippen molar-refractivity contribution in [3.8, 4) is 5.75 Å². The minimum absolute atomic E-state index is 0.0305. The van der Waals surface area contributed by atoms with E-state index in [0.29, 0.717) is 24.8 Å². The number of H-pyrrole nitrogens is 1. The number of fused-ring (bicyclic) bond motifs is 1. The molecule has 0 saturated heterocycles. The fourth-order valence-corrected chi connectivity index (χ4v) is 2.82. The van der Waals surface area contributed by atoms with Gasteiger partial charge in [-0.25, -0.2) is 4.79 Å². The predicted octanol–water partition coefficient (Wildman–Crippen LogP) is -0.458. The van der Waals surface area contributed by atoms with Gasteiger partial charge >= 0.3 is 5.69 Å². The largest absolute Gasteiger partial charge is 0.491 e. The SMILES string of the molecule is Cc1ccc(OC[C@@H](O)Cn2c(NCCN)nc3c2c(=O)[nH]c(=O)n3C)cc1. The van der Waals surface area contributed by atoms with Gasteiger partial charge in [-0.2, -0.15) is 4.98 Å². The zero-order valence-electron chi connectivity index (χ0n) is 15.8. The van der Waals surface area contributed by atoms with Gasteiger partial charge in [0.15, 0.2) is 11.2 Å². The van der Waals surface area contributed by atoms with Crippen LogP contribution in [0.5, 0.6) is 5.75 Å². The Bertz CT molecular complexity index is 1070. The number of aromatic nitrogens is 4. The van der Waals surface area contributed by atoms with Gasteiger partial charge in [-0.1, -0.05) is 17.7 Å². The molecule has 0 radical (unpaired) electrons. The first-order chi connectivity index (χ1) is 13.4. The number of aryl methyl sites for hydroxylation is 2. The zero-order chi connectivity index (χ0) is 20.3. The van der Waals surface area contributed by atoms with E-state index in [1.165, 1.54) is 16.2 Å². The van der Waals surface area contributed by atoms with Gasteiger partial charge in [0, 0.05) is 20.1 Å². The Hall–Kier alpha value is -3.11. The average molecular weight is 388 g/mol. The summed E-state index contributed by atoms with van der Waals surface area (Å²) in [6.45, 7) is 2.84. The molecule has 0 aliphatic heterocycles. The summed E-state index contributed by atoms with van der Waals surface area (Å²) in [6, 6.07) is 7.48. The quantitative estimate of drug-likeness (QED) is 0.409. The second-order valence-corrected chi connectivity index (χ2v) is 6.53. The number of aliphatic hydroxyl groups is 1. The number of rotatable bonds is 8. The molecule has 28 heavy (non-hydrogen) atoms. The second kappa shape index (κ2) is 8.28. The van der Waals surface area contributed by atoms with E-state index in [2.05, 4.69) is 15.3 Å². The van der Waals surface area contributed by atoms with Crippen molar-refractivity contribution in [2.45, 2.75) is 19.6 Å². The Kier molecular flexibility index (Phi) is 5.81. The number of anilines is 1. The maximum Gasteiger partial charge on any atom is 0.329 e. The molecule has 0 fully saturated rings. The number of hydrogen-bond acceptors (Lipinski definition) is 7. The summed E-state index contributed by atoms with van der Waals surface area (Å²) in [6.07, 6.45) is -0.909. The number of imidazole rings is 1. The van der Waals surface area contributed by atoms with E-state index in [0.717, 1.165) is 5.56 Å². The van der Waals surface area contributed by atoms with E-state index < -0.39 is 17.4 Å². The molecule has 0 unspecified atom stereocenters. The Morgan fingerprint density at radius 3 is 2.71 bits per heavy atom. The number of nitrogens with zero attached hydrogens (tertiary/aromatic N) is 3. The van der Waals surface area contributed by atoms with E-state index in [1.54, 1.807) is 0 Å². The van der Waals surface area contributed by atoms with Crippen molar-refractivity contribution < 1.29 is 9.84 Å². The van der Waals surface area contributed by atoms with Crippen LogP contribution in [0, 0.1) is 6.92 Å². The molecule has 10 heteroatoms. The van der Waals surface area contributed by atoms with E-state index in [1.807, 2.05) is 31.2 Å². The number of nitrogens with two attached hydrogens (primary N) is 1. The number of nitrogens with one attached hydrogen (secondary N) is 2. The molecule has 0 aliphatic rings. The first-order valence-electron chi connectivity index (χ1n) is 8.91. The van der Waals surface area contributed by atoms with Crippen molar-refractivity contribution in [2.75, 3.05) is 25.0 Å². The monoisotopic (exact) mass is 388 g/mol. The smallest absolute Gasteiger partial charge is 0.329 e. The highest BCUT2D eigenvalue weighted by Gasteiger charge is 2.19. The highest BCUT2D eigenvalue weighted by molar-refractivity contribution is 5.74. The molecule has 1 aromatic carbocycles. The standard InChI is InChI=1S/C18H24N6O4/c1-11-3-5-13(6-4-11)28-10-12(25)9-24-14-15(21-17(24)20-8-7-19)23(2)18(27)22-16(14)26/h3-6,12,25H,7-10,19H2,1-2H3,(H,20,21)(H,22,26,27)/t12-/m0/s1. The molecule has 0 aliphatic carbocycles. The van der Waals surface area contributed by atoms with Gasteiger partial charge in [-0.3, -0.25) is 14.3 Å². The summed E-state index contributed by atoms with van der Waals surface area (Å²) in [5, 5.41) is 13.5. The molecule has 10 nitrogen and oxygen atoms in total. The molecule has 150 valence electrons. The van der Waals surface area contributed by atoms with Crippen LogP contribution in [0.3, 0.4) is 0 Å². The van der Waals surface area contributed by atoms with Crippen LogP contribution in [-0.4, -0.2) is 50.0 Å². The van der Waals surface area contributed by atoms with E-state index in [-0.39, 0.29) is 24.3 Å². The molecule has 0 bridgehead atoms. The predicted molar refractivity (Wildman–Crippen MR) is 106 cm³/mol. The van der Waals surface area contributed by atoms with Crippen LogP contribution in [0.2, 0.25) is 0 Å². The first-order valence-corrected chi connectivity index (χ1v) is 8.91. The second-order valence-electron chi connectivity index (χ2n) is 6.53.